The maximum atomic E-state index is 12.4. The summed E-state index contributed by atoms with van der Waals surface area (Å²) in [5, 5.41) is 3.30. The Labute approximate surface area is 108 Å². The maximum absolute atomic E-state index is 12.4. The summed E-state index contributed by atoms with van der Waals surface area (Å²) < 4.78 is 0. The second kappa shape index (κ2) is 4.28. The van der Waals surface area contributed by atoms with E-state index in [1.807, 2.05) is 11.9 Å². The fourth-order valence-electron chi connectivity index (χ4n) is 2.86. The van der Waals surface area contributed by atoms with Crippen molar-refractivity contribution < 1.29 is 4.79 Å². The fourth-order valence-corrected chi connectivity index (χ4v) is 2.86. The van der Waals surface area contributed by atoms with Crippen LogP contribution in [-0.2, 0) is 11.2 Å². The molecule has 0 radical (unpaired) electrons. The van der Waals surface area contributed by atoms with Crippen molar-refractivity contribution in [3.63, 3.8) is 0 Å². The van der Waals surface area contributed by atoms with Gasteiger partial charge in [0.2, 0.25) is 0 Å². The molecule has 4 nitrogen and oxygen atoms in total. The summed E-state index contributed by atoms with van der Waals surface area (Å²) in [6, 6.07) is 6.44. The SMILES string of the molecule is CCc1ccc2c(c1)N(C)C(=O)C1CNCCN21. The van der Waals surface area contributed by atoms with E-state index in [1.54, 1.807) is 0 Å². The van der Waals surface area contributed by atoms with E-state index >= 15 is 0 Å². The third kappa shape index (κ3) is 1.60. The second-order valence-corrected chi connectivity index (χ2v) is 4.99. The van der Waals surface area contributed by atoms with E-state index in [-0.39, 0.29) is 11.9 Å². The van der Waals surface area contributed by atoms with Crippen molar-refractivity contribution in [1.82, 2.24) is 5.32 Å². The third-order valence-corrected chi connectivity index (χ3v) is 3.98. The van der Waals surface area contributed by atoms with Crippen molar-refractivity contribution in [2.75, 3.05) is 36.5 Å². The normalized spacial score (nSPS) is 22.8. The van der Waals surface area contributed by atoms with Gasteiger partial charge in [-0.25, -0.2) is 0 Å². The first kappa shape index (κ1) is 11.5. The summed E-state index contributed by atoms with van der Waals surface area (Å²) in [7, 11) is 1.88. The Morgan fingerprint density at radius 3 is 3.00 bits per heavy atom. The lowest BCUT2D eigenvalue weighted by Gasteiger charge is -2.44. The number of aryl methyl sites for hydroxylation is 1. The molecule has 2 aliphatic heterocycles. The summed E-state index contributed by atoms with van der Waals surface area (Å²) in [4.78, 5) is 16.4. The minimum atomic E-state index is -0.0382. The molecule has 1 amide bonds. The quantitative estimate of drug-likeness (QED) is 0.802. The molecule has 1 unspecified atom stereocenters. The molecule has 0 aromatic heterocycles. The number of hydrogen-bond donors (Lipinski definition) is 1. The zero-order chi connectivity index (χ0) is 12.7. The van der Waals surface area contributed by atoms with E-state index in [9.17, 15) is 4.79 Å². The molecule has 0 saturated carbocycles. The van der Waals surface area contributed by atoms with E-state index < -0.39 is 0 Å². The molecule has 96 valence electrons. The molecule has 2 heterocycles. The first-order chi connectivity index (χ1) is 8.72. The highest BCUT2D eigenvalue weighted by Crippen LogP contribution is 2.36. The summed E-state index contributed by atoms with van der Waals surface area (Å²) in [5.41, 5.74) is 3.53. The van der Waals surface area contributed by atoms with Gasteiger partial charge in [-0.1, -0.05) is 13.0 Å². The average Bonchev–Trinajstić information content (AvgIpc) is 2.44. The highest BCUT2D eigenvalue weighted by molar-refractivity contribution is 6.05. The monoisotopic (exact) mass is 245 g/mol. The van der Waals surface area contributed by atoms with Gasteiger partial charge in [0.15, 0.2) is 0 Å². The summed E-state index contributed by atoms with van der Waals surface area (Å²) in [6.45, 7) is 4.74. The molecule has 4 heteroatoms. The van der Waals surface area contributed by atoms with E-state index in [0.29, 0.717) is 0 Å². The van der Waals surface area contributed by atoms with Crippen molar-refractivity contribution >= 4 is 17.3 Å². The largest absolute Gasteiger partial charge is 0.355 e. The van der Waals surface area contributed by atoms with Crippen LogP contribution in [-0.4, -0.2) is 38.6 Å². The molecule has 2 aliphatic rings. The number of rotatable bonds is 1. The van der Waals surface area contributed by atoms with Gasteiger partial charge in [0.05, 0.1) is 11.4 Å². The predicted octanol–water partition coefficient (Wildman–Crippen LogP) is 1.00. The Morgan fingerprint density at radius 2 is 2.22 bits per heavy atom. The van der Waals surface area contributed by atoms with Gasteiger partial charge in [0.1, 0.15) is 6.04 Å². The van der Waals surface area contributed by atoms with E-state index in [4.69, 9.17) is 0 Å². The van der Waals surface area contributed by atoms with Gasteiger partial charge < -0.3 is 15.1 Å². The van der Waals surface area contributed by atoms with Gasteiger partial charge >= 0.3 is 0 Å². The zero-order valence-corrected chi connectivity index (χ0v) is 10.9. The maximum Gasteiger partial charge on any atom is 0.250 e. The van der Waals surface area contributed by atoms with Crippen molar-refractivity contribution in [1.29, 1.82) is 0 Å². The molecule has 0 aliphatic carbocycles. The number of benzene rings is 1. The lowest BCUT2D eigenvalue weighted by molar-refractivity contribution is -0.120. The standard InChI is InChI=1S/C14H19N3O/c1-3-10-4-5-11-12(8-10)16(2)14(18)13-9-15-6-7-17(11)13/h4-5,8,13,15H,3,6-7,9H2,1-2H3. The van der Waals surface area contributed by atoms with Gasteiger partial charge in [-0.3, -0.25) is 4.79 Å². The van der Waals surface area contributed by atoms with Gasteiger partial charge in [-0.2, -0.15) is 0 Å². The number of anilines is 2. The van der Waals surface area contributed by atoms with Crippen LogP contribution in [0.5, 0.6) is 0 Å². The van der Waals surface area contributed by atoms with E-state index in [2.05, 4.69) is 35.3 Å². The molecule has 1 aromatic carbocycles. The molecule has 1 atom stereocenters. The molecule has 1 aromatic rings. The number of likely N-dealkylation sites (N-methyl/N-ethyl adjacent to an activating group) is 1. The summed E-state index contributed by atoms with van der Waals surface area (Å²) in [6.07, 6.45) is 1.00. The van der Waals surface area contributed by atoms with Crippen molar-refractivity contribution in [3.8, 4) is 0 Å². The molecule has 18 heavy (non-hydrogen) atoms. The molecule has 1 N–H and O–H groups in total. The van der Waals surface area contributed by atoms with Gasteiger partial charge in [0, 0.05) is 26.7 Å². The molecule has 0 spiro atoms. The number of carbonyl (C=O) groups excluding carboxylic acids is 1. The number of carbonyl (C=O) groups is 1. The van der Waals surface area contributed by atoms with Crippen LogP contribution in [0.4, 0.5) is 11.4 Å². The first-order valence-electron chi connectivity index (χ1n) is 6.60. The number of nitrogens with zero attached hydrogens (tertiary/aromatic N) is 2. The summed E-state index contributed by atoms with van der Waals surface area (Å²) in [5.74, 6) is 0.197. The molecular formula is C14H19N3O. The van der Waals surface area contributed by atoms with Crippen LogP contribution in [0.1, 0.15) is 12.5 Å². The minimum Gasteiger partial charge on any atom is -0.355 e. The zero-order valence-electron chi connectivity index (χ0n) is 10.9. The Kier molecular flexibility index (Phi) is 2.74. The van der Waals surface area contributed by atoms with Crippen LogP contribution in [0.25, 0.3) is 0 Å². The van der Waals surface area contributed by atoms with E-state index in [1.165, 1.54) is 11.3 Å². The Bertz CT molecular complexity index is 486. The van der Waals surface area contributed by atoms with Gasteiger partial charge in [-0.05, 0) is 24.1 Å². The van der Waals surface area contributed by atoms with Crippen LogP contribution >= 0.6 is 0 Å². The minimum absolute atomic E-state index is 0.0382. The average molecular weight is 245 g/mol. The lowest BCUT2D eigenvalue weighted by Crippen LogP contribution is -2.61. The first-order valence-corrected chi connectivity index (χ1v) is 6.60. The fraction of sp³-hybridized carbons (Fsp3) is 0.500. The highest BCUT2D eigenvalue weighted by Gasteiger charge is 2.37. The van der Waals surface area contributed by atoms with Gasteiger partial charge in [-0.15, -0.1) is 0 Å². The molecule has 1 saturated heterocycles. The molecule has 3 rings (SSSR count). The molecular weight excluding hydrogens is 226 g/mol. The van der Waals surface area contributed by atoms with Crippen LogP contribution in [0.15, 0.2) is 18.2 Å². The highest BCUT2D eigenvalue weighted by atomic mass is 16.2. The van der Waals surface area contributed by atoms with Crippen LogP contribution in [0.2, 0.25) is 0 Å². The van der Waals surface area contributed by atoms with Crippen molar-refractivity contribution in [2.24, 2.45) is 0 Å². The number of hydrogen-bond acceptors (Lipinski definition) is 3. The van der Waals surface area contributed by atoms with Crippen molar-refractivity contribution in [3.05, 3.63) is 23.8 Å². The predicted molar refractivity (Wildman–Crippen MR) is 73.2 cm³/mol. The molecule has 1 fully saturated rings. The van der Waals surface area contributed by atoms with E-state index in [0.717, 1.165) is 31.7 Å². The number of piperazine rings is 1. The van der Waals surface area contributed by atoms with Gasteiger partial charge in [0.25, 0.3) is 5.91 Å². The Morgan fingerprint density at radius 1 is 1.39 bits per heavy atom. The third-order valence-electron chi connectivity index (χ3n) is 3.98. The summed E-state index contributed by atoms with van der Waals surface area (Å²) >= 11 is 0. The van der Waals surface area contributed by atoms with Crippen LogP contribution < -0.4 is 15.1 Å². The lowest BCUT2D eigenvalue weighted by atomic mass is 10.0. The number of fused-ring (bicyclic) bond motifs is 3. The molecule has 0 bridgehead atoms. The Hall–Kier alpha value is -1.55. The van der Waals surface area contributed by atoms with Crippen molar-refractivity contribution in [2.45, 2.75) is 19.4 Å². The number of nitrogens with one attached hydrogen (secondary N) is 1. The topological polar surface area (TPSA) is 35.6 Å². The number of amides is 1. The van der Waals surface area contributed by atoms with Crippen LogP contribution in [0, 0.1) is 0 Å². The Balaban J connectivity index is 2.09. The smallest absolute Gasteiger partial charge is 0.250 e. The second-order valence-electron chi connectivity index (χ2n) is 4.99. The van der Waals surface area contributed by atoms with Crippen LogP contribution in [0.3, 0.4) is 0 Å².